The molecule has 0 aromatic heterocycles. The Morgan fingerprint density at radius 3 is 2.41 bits per heavy atom. The van der Waals surface area contributed by atoms with Crippen molar-refractivity contribution < 1.29 is 38.5 Å². The van der Waals surface area contributed by atoms with Crippen LogP contribution in [0.3, 0.4) is 0 Å². The molecule has 2 aromatic carbocycles. The van der Waals surface area contributed by atoms with E-state index in [4.69, 9.17) is 14.2 Å². The highest BCUT2D eigenvalue weighted by molar-refractivity contribution is 9.11. The van der Waals surface area contributed by atoms with Gasteiger partial charge < -0.3 is 34.4 Å². The van der Waals surface area contributed by atoms with E-state index in [9.17, 15) is 24.3 Å². The number of halogens is 1. The fraction of sp³-hybridized carbons (Fsp3) is 0.459. The predicted octanol–water partition coefficient (Wildman–Crippen LogP) is 3.43. The first-order valence-corrected chi connectivity index (χ1v) is 17.5. The predicted molar refractivity (Wildman–Crippen MR) is 183 cm³/mol. The molecular formula is C37H42BrN3O8. The van der Waals surface area contributed by atoms with E-state index in [1.54, 1.807) is 23.1 Å². The number of benzene rings is 2. The number of cyclic esters (lactones) is 1. The first-order chi connectivity index (χ1) is 23.7. The van der Waals surface area contributed by atoms with Gasteiger partial charge in [0.05, 0.1) is 31.2 Å². The molecule has 5 bridgehead atoms. The van der Waals surface area contributed by atoms with Crippen LogP contribution < -0.4 is 5.32 Å². The van der Waals surface area contributed by atoms with Gasteiger partial charge in [0, 0.05) is 31.1 Å². The molecule has 0 saturated carbocycles. The quantitative estimate of drug-likeness (QED) is 0.311. The average Bonchev–Trinajstić information content (AvgIpc) is 3.70. The summed E-state index contributed by atoms with van der Waals surface area (Å²) in [6, 6.07) is 16.0. The minimum atomic E-state index is -1.49. The molecule has 49 heavy (non-hydrogen) atoms. The zero-order valence-electron chi connectivity index (χ0n) is 27.6. The molecule has 12 heteroatoms. The van der Waals surface area contributed by atoms with Crippen LogP contribution in [-0.4, -0.2) is 95.3 Å². The summed E-state index contributed by atoms with van der Waals surface area (Å²) in [4.78, 5) is 60.3. The molecule has 1 spiro atoms. The number of nitrogens with zero attached hydrogens (tertiary/aromatic N) is 2. The van der Waals surface area contributed by atoms with Crippen LogP contribution in [0.25, 0.3) is 0 Å². The van der Waals surface area contributed by atoms with Crippen LogP contribution in [-0.2, 0) is 39.9 Å². The normalized spacial score (nSPS) is 31.6. The fourth-order valence-electron chi connectivity index (χ4n) is 7.65. The molecule has 260 valence electrons. The van der Waals surface area contributed by atoms with Crippen LogP contribution in [0.4, 0.5) is 0 Å². The number of methoxy groups -OCH3 is 1. The SMILES string of the molecule is CC[C@@H](CO)N1C(=O)[C@H]2[C@@H]3C(=O)O[C@H](c4ccccc4)[C@@H](COC)NC(=O)CC/C=C\CN(Cc4ccccc4)C(=O)[C@H]1[C@@]21C=C(Br)[C@@H]3O1. The number of fused-ring (bicyclic) bond motifs is 2. The highest BCUT2D eigenvalue weighted by atomic mass is 79.9. The molecule has 0 unspecified atom stereocenters. The van der Waals surface area contributed by atoms with Crippen LogP contribution in [0, 0.1) is 11.8 Å². The standard InChI is InChI=1S/C37H42BrN3O8/c1-3-25(21-42)41-33-35(45)40(20-23-13-7-4-8-14-23)18-12-6-11-17-28(43)39-27(22-47-2)31(24-15-9-5-10-16-24)48-36(46)29-30(34(41)44)37(33)19-26(38)32(29)49-37/h4-10,12-16,19,25,27,29-33,42H,3,11,17-18,20-22H2,1-2H3,(H,39,43)/b12-6-/t25-,27+,29-,30+,31+,32-,33-,37+/m0/s1. The molecule has 11 nitrogen and oxygen atoms in total. The van der Waals surface area contributed by atoms with Gasteiger partial charge in [-0.25, -0.2) is 0 Å². The van der Waals surface area contributed by atoms with Crippen molar-refractivity contribution in [3.05, 3.63) is 94.5 Å². The zero-order valence-corrected chi connectivity index (χ0v) is 29.2. The molecule has 2 N–H and O–H groups in total. The molecule has 2 fully saturated rings. The molecule has 2 aromatic rings. The Hall–Kier alpha value is -3.84. The minimum absolute atomic E-state index is 0.0579. The Labute approximate surface area is 294 Å². The Balaban J connectivity index is 1.47. The molecule has 0 radical (unpaired) electrons. The van der Waals surface area contributed by atoms with Gasteiger partial charge in [0.2, 0.25) is 17.7 Å². The number of aliphatic hydroxyl groups is 1. The van der Waals surface area contributed by atoms with E-state index in [0.29, 0.717) is 22.9 Å². The van der Waals surface area contributed by atoms with Crippen LogP contribution in [0.5, 0.6) is 0 Å². The maximum Gasteiger partial charge on any atom is 0.313 e. The third kappa shape index (κ3) is 6.59. The first kappa shape index (κ1) is 35.0. The van der Waals surface area contributed by atoms with Crippen LogP contribution >= 0.6 is 15.9 Å². The number of allylic oxidation sites excluding steroid dienone is 1. The second kappa shape index (κ2) is 15.0. The van der Waals surface area contributed by atoms with Gasteiger partial charge in [-0.1, -0.05) is 95.7 Å². The molecule has 4 aliphatic rings. The number of hydrogen-bond acceptors (Lipinski definition) is 8. The van der Waals surface area contributed by atoms with Crippen LogP contribution in [0.1, 0.15) is 43.4 Å². The summed E-state index contributed by atoms with van der Waals surface area (Å²) in [7, 11) is 1.51. The Bertz CT molecular complexity index is 1600. The van der Waals surface area contributed by atoms with Crippen molar-refractivity contribution in [1.29, 1.82) is 0 Å². The third-order valence-electron chi connectivity index (χ3n) is 9.93. The van der Waals surface area contributed by atoms with E-state index in [0.717, 1.165) is 5.56 Å². The summed E-state index contributed by atoms with van der Waals surface area (Å²) in [5.74, 6) is -3.96. The van der Waals surface area contributed by atoms with Gasteiger partial charge >= 0.3 is 5.97 Å². The molecule has 4 aliphatic heterocycles. The lowest BCUT2D eigenvalue weighted by atomic mass is 9.74. The maximum atomic E-state index is 14.9. The Morgan fingerprint density at radius 2 is 1.73 bits per heavy atom. The lowest BCUT2D eigenvalue weighted by Gasteiger charge is -2.38. The van der Waals surface area contributed by atoms with E-state index < -0.39 is 59.6 Å². The number of rotatable bonds is 8. The number of esters is 1. The van der Waals surface area contributed by atoms with Crippen LogP contribution in [0.15, 0.2) is 83.4 Å². The molecule has 8 atom stereocenters. The van der Waals surface area contributed by atoms with Gasteiger partial charge in [0.25, 0.3) is 0 Å². The largest absolute Gasteiger partial charge is 0.455 e. The number of likely N-dealkylation sites (tertiary alicyclic amines) is 1. The van der Waals surface area contributed by atoms with Gasteiger partial charge in [-0.15, -0.1) is 0 Å². The number of carbonyl (C=O) groups excluding carboxylic acids is 4. The van der Waals surface area contributed by atoms with Gasteiger partial charge in [-0.2, -0.15) is 0 Å². The number of ether oxygens (including phenoxy) is 3. The second-order valence-corrected chi connectivity index (χ2v) is 13.8. The number of hydrogen-bond donors (Lipinski definition) is 2. The third-order valence-corrected chi connectivity index (χ3v) is 10.6. The van der Waals surface area contributed by atoms with Crippen molar-refractivity contribution in [2.75, 3.05) is 26.9 Å². The fourth-order valence-corrected chi connectivity index (χ4v) is 8.38. The van der Waals surface area contributed by atoms with Crippen molar-refractivity contribution in [3.63, 3.8) is 0 Å². The van der Waals surface area contributed by atoms with Crippen molar-refractivity contribution in [1.82, 2.24) is 15.1 Å². The van der Waals surface area contributed by atoms with Gasteiger partial charge in [-0.05, 0) is 30.0 Å². The highest BCUT2D eigenvalue weighted by Crippen LogP contribution is 2.59. The average molecular weight is 737 g/mol. The Morgan fingerprint density at radius 1 is 1.02 bits per heavy atom. The van der Waals surface area contributed by atoms with Gasteiger partial charge in [0.1, 0.15) is 29.8 Å². The summed E-state index contributed by atoms with van der Waals surface area (Å²) in [6.45, 7) is 1.98. The van der Waals surface area contributed by atoms with Crippen molar-refractivity contribution in [3.8, 4) is 0 Å². The number of carbonyl (C=O) groups is 4. The summed E-state index contributed by atoms with van der Waals surface area (Å²) in [6.07, 6.45) is 4.58. The molecule has 3 amide bonds. The number of aliphatic hydroxyl groups excluding tert-OH is 1. The summed E-state index contributed by atoms with van der Waals surface area (Å²) < 4.78 is 18.9. The first-order valence-electron chi connectivity index (χ1n) is 16.7. The van der Waals surface area contributed by atoms with Crippen molar-refractivity contribution in [2.24, 2.45) is 11.8 Å². The molecule has 2 saturated heterocycles. The molecule has 4 heterocycles. The highest BCUT2D eigenvalue weighted by Gasteiger charge is 2.75. The lowest BCUT2D eigenvalue weighted by Crippen LogP contribution is -2.58. The smallest absolute Gasteiger partial charge is 0.313 e. The van der Waals surface area contributed by atoms with Gasteiger partial charge in [0.15, 0.2) is 0 Å². The Kier molecular flexibility index (Phi) is 10.7. The maximum absolute atomic E-state index is 14.9. The van der Waals surface area contributed by atoms with Crippen molar-refractivity contribution >= 4 is 39.6 Å². The van der Waals surface area contributed by atoms with E-state index in [-0.39, 0.29) is 44.5 Å². The summed E-state index contributed by atoms with van der Waals surface area (Å²) >= 11 is 3.60. The van der Waals surface area contributed by atoms with Crippen molar-refractivity contribution in [2.45, 2.75) is 68.7 Å². The van der Waals surface area contributed by atoms with E-state index in [2.05, 4.69) is 21.2 Å². The minimum Gasteiger partial charge on any atom is -0.455 e. The van der Waals surface area contributed by atoms with E-state index >= 15 is 0 Å². The summed E-state index contributed by atoms with van der Waals surface area (Å²) in [5.41, 5.74) is 0.0400. The summed E-state index contributed by atoms with van der Waals surface area (Å²) in [5, 5.41) is 13.5. The number of nitrogens with one attached hydrogen (secondary N) is 1. The topological polar surface area (TPSA) is 135 Å². The molecule has 6 rings (SSSR count). The van der Waals surface area contributed by atoms with E-state index in [1.807, 2.05) is 67.6 Å². The molecular weight excluding hydrogens is 694 g/mol. The monoisotopic (exact) mass is 735 g/mol. The number of amides is 3. The zero-order chi connectivity index (χ0) is 34.7. The van der Waals surface area contributed by atoms with Crippen LogP contribution in [0.2, 0.25) is 0 Å². The van der Waals surface area contributed by atoms with E-state index in [1.165, 1.54) is 12.0 Å². The van der Waals surface area contributed by atoms with Gasteiger partial charge in [-0.3, -0.25) is 19.2 Å². The lowest BCUT2D eigenvalue weighted by molar-refractivity contribution is -0.163. The molecule has 0 aliphatic carbocycles. The second-order valence-electron chi connectivity index (χ2n) is 12.9.